The number of rotatable bonds is 8. The van der Waals surface area contributed by atoms with E-state index in [1.807, 2.05) is 20.8 Å². The summed E-state index contributed by atoms with van der Waals surface area (Å²) in [6.07, 6.45) is 3.92. The maximum Gasteiger partial charge on any atom is 0.339 e. The van der Waals surface area contributed by atoms with E-state index in [9.17, 15) is 4.79 Å². The Hall–Kier alpha value is -0.0900. The second kappa shape index (κ2) is 8.92. The van der Waals surface area contributed by atoms with Gasteiger partial charge in [0.2, 0.25) is 0 Å². The van der Waals surface area contributed by atoms with E-state index in [4.69, 9.17) is 26.2 Å². The summed E-state index contributed by atoms with van der Waals surface area (Å²) in [5, 5.41) is 8.49. The molecule has 0 bridgehead atoms. The topological polar surface area (TPSA) is 55.8 Å². The monoisotopic (exact) mass is 281 g/mol. The number of carbonyl (C=O) groups is 1. The molecule has 1 N–H and O–H groups in total. The molecule has 100 valence electrons. The molecule has 0 saturated heterocycles. The van der Waals surface area contributed by atoms with Crippen LogP contribution in [0.2, 0.25) is 0 Å². The van der Waals surface area contributed by atoms with E-state index in [0.29, 0.717) is 6.42 Å². The van der Waals surface area contributed by atoms with Crippen LogP contribution in [0, 0.1) is 0 Å². The average molecular weight is 281 g/mol. The van der Waals surface area contributed by atoms with Gasteiger partial charge in [-0.25, -0.2) is 0 Å². The minimum atomic E-state index is -0.918. The first-order valence-electron chi connectivity index (χ1n) is 5.75. The van der Waals surface area contributed by atoms with Crippen LogP contribution in [0.1, 0.15) is 46.5 Å². The highest BCUT2D eigenvalue weighted by Crippen LogP contribution is 2.24. The van der Waals surface area contributed by atoms with Gasteiger partial charge in [0.1, 0.15) is 11.8 Å². The van der Waals surface area contributed by atoms with E-state index in [1.165, 1.54) is 0 Å². The molecule has 6 heteroatoms. The van der Waals surface area contributed by atoms with E-state index >= 15 is 0 Å². The lowest BCUT2D eigenvalue weighted by molar-refractivity contribution is -0.154. The van der Waals surface area contributed by atoms with Crippen molar-refractivity contribution in [2.75, 3.05) is 13.0 Å². The van der Waals surface area contributed by atoms with Crippen molar-refractivity contribution < 1.29 is 19.2 Å². The molecule has 0 aromatic rings. The quantitative estimate of drug-likeness (QED) is 0.321. The molecule has 0 saturated carbocycles. The highest BCUT2D eigenvalue weighted by molar-refractivity contribution is 8.02. The second-order valence-electron chi connectivity index (χ2n) is 4.71. The Bertz CT molecular complexity index is 250. The number of carbonyl (C=O) groups excluding carboxylic acids is 1. The van der Waals surface area contributed by atoms with Gasteiger partial charge in [0.05, 0.1) is 0 Å². The third kappa shape index (κ3) is 12.2. The summed E-state index contributed by atoms with van der Waals surface area (Å²) < 4.78 is 10.1. The van der Waals surface area contributed by atoms with Crippen molar-refractivity contribution in [3.05, 3.63) is 0 Å². The smallest absolute Gasteiger partial charge is 0.339 e. The fraction of sp³-hybridized carbons (Fsp3) is 0.909. The minimum Gasteiger partial charge on any atom is -0.460 e. The van der Waals surface area contributed by atoms with Gasteiger partial charge < -0.3 is 9.84 Å². The molecule has 0 aliphatic heterocycles. The van der Waals surface area contributed by atoms with Gasteiger partial charge in [0.25, 0.3) is 0 Å². The van der Waals surface area contributed by atoms with Gasteiger partial charge in [0, 0.05) is 6.42 Å². The van der Waals surface area contributed by atoms with E-state index < -0.39 is 12.5 Å². The van der Waals surface area contributed by atoms with Crippen LogP contribution in [0.25, 0.3) is 0 Å². The van der Waals surface area contributed by atoms with E-state index in [2.05, 4.69) is 0 Å². The Balaban J connectivity index is 3.46. The normalized spacial score (nSPS) is 12.4. The fourth-order valence-electron chi connectivity index (χ4n) is 1.21. The van der Waals surface area contributed by atoms with Crippen LogP contribution >= 0.6 is 6.92 Å². The minimum absolute atomic E-state index is 0.148. The Kier molecular flexibility index (Phi) is 8.88. The van der Waals surface area contributed by atoms with Crippen LogP contribution in [0.5, 0.6) is 0 Å². The van der Waals surface area contributed by atoms with Crippen molar-refractivity contribution in [3.63, 3.8) is 0 Å². The first-order chi connectivity index (χ1) is 7.85. The average Bonchev–Trinajstić information content (AvgIpc) is 2.14. The van der Waals surface area contributed by atoms with Gasteiger partial charge in [-0.15, -0.1) is 4.52 Å². The molecule has 1 unspecified atom stereocenters. The van der Waals surface area contributed by atoms with Crippen LogP contribution in [0.15, 0.2) is 0 Å². The molecule has 0 aromatic carbocycles. The van der Waals surface area contributed by atoms with Gasteiger partial charge in [-0.3, -0.25) is 4.79 Å². The second-order valence-corrected chi connectivity index (χ2v) is 7.30. The van der Waals surface area contributed by atoms with Crippen molar-refractivity contribution in [1.82, 2.24) is 0 Å². The molecule has 0 radical (unpaired) electrons. The molecule has 0 heterocycles. The van der Waals surface area contributed by atoms with Gasteiger partial charge in [0.15, 0.2) is 18.6 Å². The summed E-state index contributed by atoms with van der Waals surface area (Å²) >= 11 is 5.00. The Labute approximate surface area is 109 Å². The standard InChI is InChI=1S/C11H22O4PS/c1-11(2,3)15-10(13)7-5-4-6-8-16(17)14-9-12/h12H,4-9H2,1-3H3/q+1. The molecule has 0 aromatic heterocycles. The summed E-state index contributed by atoms with van der Waals surface area (Å²) in [5.41, 5.74) is -0.402. The van der Waals surface area contributed by atoms with Crippen LogP contribution in [-0.4, -0.2) is 29.6 Å². The van der Waals surface area contributed by atoms with Crippen molar-refractivity contribution >= 4 is 24.7 Å². The zero-order chi connectivity index (χ0) is 13.3. The summed E-state index contributed by atoms with van der Waals surface area (Å²) in [6.45, 7) is 4.37. The Morgan fingerprint density at radius 2 is 1.94 bits per heavy atom. The largest absolute Gasteiger partial charge is 0.460 e. The van der Waals surface area contributed by atoms with Crippen molar-refractivity contribution in [2.45, 2.75) is 52.1 Å². The summed E-state index contributed by atoms with van der Waals surface area (Å²) in [4.78, 5) is 11.4. The van der Waals surface area contributed by atoms with Crippen LogP contribution < -0.4 is 0 Å². The van der Waals surface area contributed by atoms with Gasteiger partial charge in [-0.1, -0.05) is 0 Å². The molecule has 0 spiro atoms. The molecule has 0 aliphatic carbocycles. The highest BCUT2D eigenvalue weighted by atomic mass is 32.4. The number of hydrogen-bond acceptors (Lipinski definition) is 5. The van der Waals surface area contributed by atoms with Gasteiger partial charge in [-0.05, 0) is 40.0 Å². The number of hydrogen-bond donors (Lipinski definition) is 1. The zero-order valence-electron chi connectivity index (χ0n) is 10.8. The summed E-state index contributed by atoms with van der Waals surface area (Å²) in [5.74, 6) is -0.148. The third-order valence-electron chi connectivity index (χ3n) is 1.84. The van der Waals surface area contributed by atoms with E-state index in [0.717, 1.165) is 25.4 Å². The predicted octanol–water partition coefficient (Wildman–Crippen LogP) is 2.71. The molecule has 4 nitrogen and oxygen atoms in total. The molecule has 1 atom stereocenters. The molecule has 0 amide bonds. The zero-order valence-corrected chi connectivity index (χ0v) is 12.5. The SMILES string of the molecule is CC(C)(C)OC(=O)CCCCC[P+](=S)OCO. The van der Waals surface area contributed by atoms with E-state index in [1.54, 1.807) is 0 Å². The van der Waals surface area contributed by atoms with Gasteiger partial charge >= 0.3 is 12.9 Å². The molecular weight excluding hydrogens is 259 g/mol. The third-order valence-corrected chi connectivity index (χ3v) is 3.79. The Morgan fingerprint density at radius 3 is 2.47 bits per heavy atom. The molecule has 17 heavy (non-hydrogen) atoms. The van der Waals surface area contributed by atoms with Crippen LogP contribution in [0.4, 0.5) is 0 Å². The molecule has 0 rings (SSSR count). The van der Waals surface area contributed by atoms with Gasteiger partial charge in [-0.2, -0.15) is 0 Å². The first-order valence-corrected chi connectivity index (χ1v) is 8.21. The van der Waals surface area contributed by atoms with Crippen LogP contribution in [0.3, 0.4) is 0 Å². The number of unbranched alkanes of at least 4 members (excludes halogenated alkanes) is 2. The summed E-state index contributed by atoms with van der Waals surface area (Å²) in [6, 6.07) is 0. The Morgan fingerprint density at radius 1 is 1.29 bits per heavy atom. The number of esters is 1. The molecule has 0 fully saturated rings. The summed E-state index contributed by atoms with van der Waals surface area (Å²) in [7, 11) is 0. The molecule has 0 aliphatic rings. The lowest BCUT2D eigenvalue weighted by Crippen LogP contribution is -2.23. The number of aliphatic hydroxyl groups excluding tert-OH is 1. The highest BCUT2D eigenvalue weighted by Gasteiger charge is 2.16. The van der Waals surface area contributed by atoms with Crippen molar-refractivity contribution in [2.24, 2.45) is 0 Å². The van der Waals surface area contributed by atoms with E-state index in [-0.39, 0.29) is 12.8 Å². The van der Waals surface area contributed by atoms with Crippen molar-refractivity contribution in [1.29, 1.82) is 0 Å². The number of aliphatic hydroxyl groups is 1. The predicted molar refractivity (Wildman–Crippen MR) is 71.6 cm³/mol. The van der Waals surface area contributed by atoms with Crippen LogP contribution in [-0.2, 0) is 25.9 Å². The lowest BCUT2D eigenvalue weighted by atomic mass is 10.2. The maximum absolute atomic E-state index is 11.4. The fourth-order valence-corrected chi connectivity index (χ4v) is 2.48. The first kappa shape index (κ1) is 16.9. The lowest BCUT2D eigenvalue weighted by Gasteiger charge is -2.19. The van der Waals surface area contributed by atoms with Crippen molar-refractivity contribution in [3.8, 4) is 0 Å². The molecular formula is C11H22O4PS+. The number of ether oxygens (including phenoxy) is 1. The maximum atomic E-state index is 11.4.